The smallest absolute Gasteiger partial charge is 0.245 e. The molecule has 0 fully saturated rings. The molecule has 0 aliphatic carbocycles. The first-order chi connectivity index (χ1) is 8.58. The van der Waals surface area contributed by atoms with E-state index in [1.54, 1.807) is 19.1 Å². The number of carbonyl (C=O) groups is 2. The molecule has 18 heavy (non-hydrogen) atoms. The maximum atomic E-state index is 11.6. The van der Waals surface area contributed by atoms with Gasteiger partial charge in [0.15, 0.2) is 0 Å². The third-order valence-electron chi connectivity index (χ3n) is 2.44. The molecule has 0 aromatic carbocycles. The van der Waals surface area contributed by atoms with Crippen LogP contribution < -0.4 is 16.4 Å². The number of aliphatic hydroxyl groups excluding tert-OH is 1. The molecule has 7 heteroatoms. The van der Waals surface area contributed by atoms with Gasteiger partial charge in [-0.15, -0.1) is 0 Å². The Labute approximate surface area is 104 Å². The Bertz CT molecular complexity index is 436. The van der Waals surface area contributed by atoms with Gasteiger partial charge in [0.2, 0.25) is 12.3 Å². The van der Waals surface area contributed by atoms with Crippen LogP contribution in [0.3, 0.4) is 0 Å². The number of nitrogen functional groups attached to an aromatic ring is 1. The lowest BCUT2D eigenvalue weighted by Gasteiger charge is -2.14. The third-order valence-corrected chi connectivity index (χ3v) is 2.44. The predicted octanol–water partition coefficient (Wildman–Crippen LogP) is -1.30. The van der Waals surface area contributed by atoms with Crippen LogP contribution in [0.5, 0.6) is 0 Å². The van der Waals surface area contributed by atoms with E-state index in [1.165, 1.54) is 0 Å². The highest BCUT2D eigenvalue weighted by atomic mass is 16.3. The van der Waals surface area contributed by atoms with Gasteiger partial charge in [-0.3, -0.25) is 9.59 Å². The Morgan fingerprint density at radius 3 is 2.89 bits per heavy atom. The van der Waals surface area contributed by atoms with Gasteiger partial charge in [-0.2, -0.15) is 0 Å². The van der Waals surface area contributed by atoms with Crippen molar-refractivity contribution in [2.75, 3.05) is 12.3 Å². The van der Waals surface area contributed by atoms with Gasteiger partial charge in [0, 0.05) is 12.2 Å². The van der Waals surface area contributed by atoms with Crippen LogP contribution in [-0.2, 0) is 16.1 Å². The maximum Gasteiger partial charge on any atom is 0.245 e. The lowest BCUT2D eigenvalue weighted by molar-refractivity contribution is -0.126. The second kappa shape index (κ2) is 6.55. The molecule has 7 nitrogen and oxygen atoms in total. The Kier molecular flexibility index (Phi) is 5.06. The normalized spacial score (nSPS) is 11.7. The molecule has 0 bridgehead atoms. The first-order valence-corrected chi connectivity index (χ1v) is 5.38. The minimum atomic E-state index is -0.940. The van der Waals surface area contributed by atoms with Crippen molar-refractivity contribution in [2.45, 2.75) is 19.5 Å². The molecule has 5 N–H and O–H groups in total. The average Bonchev–Trinajstić information content (AvgIpc) is 2.34. The molecule has 1 heterocycles. The zero-order chi connectivity index (χ0) is 13.5. The number of carbonyl (C=O) groups excluding carboxylic acids is 2. The summed E-state index contributed by atoms with van der Waals surface area (Å²) in [5, 5.41) is 13.7. The number of anilines is 1. The van der Waals surface area contributed by atoms with Crippen LogP contribution in [0.15, 0.2) is 12.1 Å². The van der Waals surface area contributed by atoms with Crippen molar-refractivity contribution in [3.63, 3.8) is 0 Å². The number of nitrogens with one attached hydrogen (secondary N) is 2. The zero-order valence-corrected chi connectivity index (χ0v) is 10.0. The molecule has 98 valence electrons. The molecule has 0 aliphatic heterocycles. The van der Waals surface area contributed by atoms with Gasteiger partial charge in [-0.05, 0) is 18.6 Å². The molecule has 2 amide bonds. The van der Waals surface area contributed by atoms with E-state index in [4.69, 9.17) is 10.8 Å². The second-order valence-electron chi connectivity index (χ2n) is 3.72. The summed E-state index contributed by atoms with van der Waals surface area (Å²) in [5.41, 5.74) is 7.05. The van der Waals surface area contributed by atoms with Crippen LogP contribution in [0.2, 0.25) is 0 Å². The fourth-order valence-electron chi connectivity index (χ4n) is 1.40. The fourth-order valence-corrected chi connectivity index (χ4v) is 1.40. The number of aryl methyl sites for hydroxylation is 1. The van der Waals surface area contributed by atoms with Crippen molar-refractivity contribution in [2.24, 2.45) is 0 Å². The Balaban J connectivity index is 2.58. The number of hydrogen-bond acceptors (Lipinski definition) is 5. The minimum Gasteiger partial charge on any atom is -0.394 e. The van der Waals surface area contributed by atoms with E-state index in [1.807, 2.05) is 0 Å². The quantitative estimate of drug-likeness (QED) is 0.469. The highest BCUT2D eigenvalue weighted by Gasteiger charge is 2.15. The third kappa shape index (κ3) is 3.70. The average molecular weight is 252 g/mol. The summed E-state index contributed by atoms with van der Waals surface area (Å²) in [4.78, 5) is 25.9. The van der Waals surface area contributed by atoms with Crippen molar-refractivity contribution in [3.8, 4) is 0 Å². The topological polar surface area (TPSA) is 117 Å². The van der Waals surface area contributed by atoms with Crippen molar-refractivity contribution in [1.29, 1.82) is 0 Å². The molecule has 0 spiro atoms. The number of pyridine rings is 1. The van der Waals surface area contributed by atoms with E-state index in [-0.39, 0.29) is 6.54 Å². The molecular weight excluding hydrogens is 236 g/mol. The Hall–Kier alpha value is -2.15. The number of amides is 2. The van der Waals surface area contributed by atoms with Crippen molar-refractivity contribution in [3.05, 3.63) is 23.4 Å². The number of rotatable bonds is 6. The van der Waals surface area contributed by atoms with Gasteiger partial charge < -0.3 is 21.5 Å². The van der Waals surface area contributed by atoms with Crippen molar-refractivity contribution < 1.29 is 14.7 Å². The number of aliphatic hydroxyl groups is 1. The van der Waals surface area contributed by atoms with Gasteiger partial charge in [0.05, 0.1) is 6.61 Å². The van der Waals surface area contributed by atoms with Crippen LogP contribution in [0.4, 0.5) is 5.82 Å². The monoisotopic (exact) mass is 252 g/mol. The van der Waals surface area contributed by atoms with E-state index >= 15 is 0 Å². The first-order valence-electron chi connectivity index (χ1n) is 5.38. The molecule has 1 aromatic rings. The SMILES string of the molecule is Cc1nc(N)ccc1CNC(=O)[C@H](CO)NC=O. The molecule has 0 aliphatic rings. The van der Waals surface area contributed by atoms with E-state index in [2.05, 4.69) is 15.6 Å². The molecular formula is C11H16N4O3. The van der Waals surface area contributed by atoms with E-state index in [9.17, 15) is 9.59 Å². The summed E-state index contributed by atoms with van der Waals surface area (Å²) in [5.74, 6) is -0.0424. The van der Waals surface area contributed by atoms with E-state index < -0.39 is 18.6 Å². The van der Waals surface area contributed by atoms with Gasteiger partial charge in [-0.1, -0.05) is 6.07 Å². The first kappa shape index (κ1) is 13.9. The van der Waals surface area contributed by atoms with Gasteiger partial charge in [-0.25, -0.2) is 4.98 Å². The number of hydrogen-bond donors (Lipinski definition) is 4. The minimum absolute atomic E-state index is 0.259. The lowest BCUT2D eigenvalue weighted by Crippen LogP contribution is -2.45. The lowest BCUT2D eigenvalue weighted by atomic mass is 10.2. The number of nitrogens with zero attached hydrogens (tertiary/aromatic N) is 1. The van der Waals surface area contributed by atoms with Gasteiger partial charge in [0.1, 0.15) is 11.9 Å². The van der Waals surface area contributed by atoms with Crippen LogP contribution >= 0.6 is 0 Å². The van der Waals surface area contributed by atoms with Crippen LogP contribution in [-0.4, -0.2) is 35.1 Å². The number of aromatic nitrogens is 1. The molecule has 1 aromatic heterocycles. The summed E-state index contributed by atoms with van der Waals surface area (Å²) in [6.45, 7) is 1.59. The Morgan fingerprint density at radius 1 is 1.61 bits per heavy atom. The summed E-state index contributed by atoms with van der Waals surface area (Å²) in [6.07, 6.45) is 0.372. The Morgan fingerprint density at radius 2 is 2.33 bits per heavy atom. The molecule has 1 atom stereocenters. The largest absolute Gasteiger partial charge is 0.394 e. The standard InChI is InChI=1S/C11H16N4O3/c1-7-8(2-3-10(12)15-7)4-13-11(18)9(5-16)14-6-17/h2-3,6,9,16H,4-5H2,1H3,(H2,12,15)(H,13,18)(H,14,17)/t9-/m0/s1. The summed E-state index contributed by atoms with van der Waals surface area (Å²) in [6, 6.07) is 2.46. The van der Waals surface area contributed by atoms with Gasteiger partial charge >= 0.3 is 0 Å². The molecule has 1 rings (SSSR count). The second-order valence-corrected chi connectivity index (χ2v) is 3.72. The van der Waals surface area contributed by atoms with Crippen LogP contribution in [0.25, 0.3) is 0 Å². The van der Waals surface area contributed by atoms with Crippen LogP contribution in [0, 0.1) is 6.92 Å². The highest BCUT2D eigenvalue weighted by molar-refractivity contribution is 5.83. The molecule has 0 saturated carbocycles. The number of nitrogens with two attached hydrogens (primary N) is 1. The van der Waals surface area contributed by atoms with Gasteiger partial charge in [0.25, 0.3) is 0 Å². The predicted molar refractivity (Wildman–Crippen MR) is 65.3 cm³/mol. The molecule has 0 radical (unpaired) electrons. The summed E-state index contributed by atoms with van der Waals surface area (Å²) < 4.78 is 0. The summed E-state index contributed by atoms with van der Waals surface area (Å²) >= 11 is 0. The fraction of sp³-hybridized carbons (Fsp3) is 0.364. The van der Waals surface area contributed by atoms with E-state index in [0.29, 0.717) is 12.2 Å². The molecule has 0 unspecified atom stereocenters. The maximum absolute atomic E-state index is 11.6. The zero-order valence-electron chi connectivity index (χ0n) is 10.0. The van der Waals surface area contributed by atoms with Crippen LogP contribution in [0.1, 0.15) is 11.3 Å². The highest BCUT2D eigenvalue weighted by Crippen LogP contribution is 2.07. The molecule has 0 saturated heterocycles. The van der Waals surface area contributed by atoms with Crippen molar-refractivity contribution >= 4 is 18.1 Å². The van der Waals surface area contributed by atoms with E-state index in [0.717, 1.165) is 11.3 Å². The summed E-state index contributed by atoms with van der Waals surface area (Å²) in [7, 11) is 0. The van der Waals surface area contributed by atoms with Crippen molar-refractivity contribution in [1.82, 2.24) is 15.6 Å².